The van der Waals surface area contributed by atoms with E-state index in [1.165, 1.54) is 5.69 Å². The monoisotopic (exact) mass is 391 g/mol. The van der Waals surface area contributed by atoms with Crippen molar-refractivity contribution in [3.63, 3.8) is 0 Å². The van der Waals surface area contributed by atoms with E-state index in [1.54, 1.807) is 12.5 Å². The lowest BCUT2D eigenvalue weighted by Gasteiger charge is -2.31. The van der Waals surface area contributed by atoms with Crippen LogP contribution in [0.2, 0.25) is 0 Å². The molecule has 0 unspecified atom stereocenters. The molecule has 2 aliphatic heterocycles. The molecule has 2 aromatic heterocycles. The average molecular weight is 392 g/mol. The van der Waals surface area contributed by atoms with E-state index >= 15 is 0 Å². The van der Waals surface area contributed by atoms with Crippen LogP contribution >= 0.6 is 15.9 Å². The lowest BCUT2D eigenvalue weighted by molar-refractivity contribution is -0.149. The van der Waals surface area contributed by atoms with Gasteiger partial charge in [0, 0.05) is 30.2 Å². The molecule has 0 radical (unpaired) electrons. The van der Waals surface area contributed by atoms with Gasteiger partial charge in [0.15, 0.2) is 5.65 Å². The van der Waals surface area contributed by atoms with E-state index in [0.29, 0.717) is 6.42 Å². The summed E-state index contributed by atoms with van der Waals surface area (Å²) in [6.07, 6.45) is 7.76. The third-order valence-corrected chi connectivity index (χ3v) is 5.44. The summed E-state index contributed by atoms with van der Waals surface area (Å²) in [5.74, 6) is -0.551. The summed E-state index contributed by atoms with van der Waals surface area (Å²) in [6.45, 7) is 3.30. The van der Waals surface area contributed by atoms with Crippen molar-refractivity contribution in [1.29, 1.82) is 0 Å². The van der Waals surface area contributed by atoms with Gasteiger partial charge in [0.2, 0.25) is 0 Å². The predicted octanol–water partition coefficient (Wildman–Crippen LogP) is 2.64. The Morgan fingerprint density at radius 2 is 1.96 bits per heavy atom. The minimum absolute atomic E-state index is 0.551. The standard InChI is InChI=1S/C17H18BrN3O3/c18-12-9-14(20-3-5-22-6-4-20)16-19-13-1-2-17(23-7-8-24-17)10-15(13)21(16)11-12/h7-9,11H,1-6,10H2. The van der Waals surface area contributed by atoms with Gasteiger partial charge in [0.1, 0.15) is 12.5 Å². The maximum Gasteiger partial charge on any atom is 0.255 e. The average Bonchev–Trinajstić information content (AvgIpc) is 3.20. The number of imidazole rings is 1. The lowest BCUT2D eigenvalue weighted by atomic mass is 9.94. The Bertz CT molecular complexity index is 818. The SMILES string of the molecule is Brc1cc(N2CCOCC2)c2nc3c(n2c1)CC1(CC3)OC=CO1. The molecule has 3 aliphatic rings. The van der Waals surface area contributed by atoms with Crippen LogP contribution < -0.4 is 4.90 Å². The number of anilines is 1. The van der Waals surface area contributed by atoms with Gasteiger partial charge in [-0.15, -0.1) is 0 Å². The molecule has 4 heterocycles. The fourth-order valence-corrected chi connectivity index (χ4v) is 4.22. The second-order valence-electron chi connectivity index (χ2n) is 6.44. The van der Waals surface area contributed by atoms with Crippen LogP contribution in [0.1, 0.15) is 17.8 Å². The van der Waals surface area contributed by atoms with Gasteiger partial charge in [-0.3, -0.25) is 0 Å². The van der Waals surface area contributed by atoms with Crippen molar-refractivity contribution >= 4 is 27.3 Å². The third-order valence-electron chi connectivity index (χ3n) is 5.00. The molecule has 7 heteroatoms. The number of hydrogen-bond acceptors (Lipinski definition) is 5. The Morgan fingerprint density at radius 3 is 2.75 bits per heavy atom. The molecule has 0 bridgehead atoms. The van der Waals surface area contributed by atoms with Crippen molar-refractivity contribution in [3.05, 3.63) is 40.6 Å². The Labute approximate surface area is 148 Å². The summed E-state index contributed by atoms with van der Waals surface area (Å²) in [7, 11) is 0. The molecule has 0 amide bonds. The summed E-state index contributed by atoms with van der Waals surface area (Å²) in [6, 6.07) is 2.15. The Morgan fingerprint density at radius 1 is 1.17 bits per heavy atom. The van der Waals surface area contributed by atoms with Crippen LogP contribution in [0.5, 0.6) is 0 Å². The fourth-order valence-electron chi connectivity index (χ4n) is 3.80. The number of pyridine rings is 1. The summed E-state index contributed by atoms with van der Waals surface area (Å²) in [5.41, 5.74) is 4.48. The highest BCUT2D eigenvalue weighted by Gasteiger charge is 2.41. The van der Waals surface area contributed by atoms with Crippen LogP contribution in [0, 0.1) is 0 Å². The highest BCUT2D eigenvalue weighted by molar-refractivity contribution is 9.10. The molecule has 0 N–H and O–H groups in total. The Hall–Kier alpha value is -1.73. The van der Waals surface area contributed by atoms with E-state index in [0.717, 1.165) is 60.6 Å². The quantitative estimate of drug-likeness (QED) is 0.747. The third kappa shape index (κ3) is 2.22. The van der Waals surface area contributed by atoms with Crippen molar-refractivity contribution in [2.24, 2.45) is 0 Å². The lowest BCUT2D eigenvalue weighted by Crippen LogP contribution is -2.37. The summed E-state index contributed by atoms with van der Waals surface area (Å²) in [4.78, 5) is 7.30. The molecular weight excluding hydrogens is 374 g/mol. The van der Waals surface area contributed by atoms with Gasteiger partial charge in [-0.25, -0.2) is 4.98 Å². The van der Waals surface area contributed by atoms with Crippen LogP contribution in [-0.4, -0.2) is 41.5 Å². The predicted molar refractivity (Wildman–Crippen MR) is 92.0 cm³/mol. The zero-order valence-electron chi connectivity index (χ0n) is 13.2. The first kappa shape index (κ1) is 14.6. The number of morpholine rings is 1. The number of ether oxygens (including phenoxy) is 3. The number of fused-ring (bicyclic) bond motifs is 3. The molecule has 0 atom stereocenters. The zero-order valence-corrected chi connectivity index (χ0v) is 14.8. The molecular formula is C17H18BrN3O3. The van der Waals surface area contributed by atoms with Gasteiger partial charge in [-0.2, -0.15) is 0 Å². The molecule has 1 aliphatic carbocycles. The van der Waals surface area contributed by atoms with Crippen molar-refractivity contribution in [3.8, 4) is 0 Å². The first-order valence-corrected chi connectivity index (χ1v) is 9.06. The Balaban J connectivity index is 1.62. The summed E-state index contributed by atoms with van der Waals surface area (Å²) >= 11 is 3.66. The molecule has 1 fully saturated rings. The van der Waals surface area contributed by atoms with E-state index in [2.05, 4.69) is 37.5 Å². The molecule has 24 heavy (non-hydrogen) atoms. The van der Waals surface area contributed by atoms with Gasteiger partial charge in [0.25, 0.3) is 5.79 Å². The minimum Gasteiger partial charge on any atom is -0.456 e. The van der Waals surface area contributed by atoms with Crippen LogP contribution in [0.25, 0.3) is 5.65 Å². The van der Waals surface area contributed by atoms with Crippen molar-refractivity contribution in [2.45, 2.75) is 25.0 Å². The normalized spacial score (nSPS) is 21.8. The largest absolute Gasteiger partial charge is 0.456 e. The number of aromatic nitrogens is 2. The maximum atomic E-state index is 5.75. The molecule has 1 saturated heterocycles. The number of nitrogens with zero attached hydrogens (tertiary/aromatic N) is 3. The van der Waals surface area contributed by atoms with E-state index in [4.69, 9.17) is 19.2 Å². The van der Waals surface area contributed by atoms with Crippen LogP contribution in [-0.2, 0) is 27.1 Å². The first-order chi connectivity index (χ1) is 11.7. The molecule has 1 spiro atoms. The van der Waals surface area contributed by atoms with E-state index in [9.17, 15) is 0 Å². The van der Waals surface area contributed by atoms with E-state index in [1.807, 2.05) is 0 Å². The van der Waals surface area contributed by atoms with Gasteiger partial charge in [-0.1, -0.05) is 0 Å². The van der Waals surface area contributed by atoms with Crippen molar-refractivity contribution in [1.82, 2.24) is 9.38 Å². The van der Waals surface area contributed by atoms with Gasteiger partial charge >= 0.3 is 0 Å². The molecule has 2 aromatic rings. The number of halogens is 1. The first-order valence-electron chi connectivity index (χ1n) is 8.27. The molecule has 0 aromatic carbocycles. The van der Waals surface area contributed by atoms with Crippen LogP contribution in [0.3, 0.4) is 0 Å². The smallest absolute Gasteiger partial charge is 0.255 e. The van der Waals surface area contributed by atoms with Gasteiger partial charge in [-0.05, 0) is 28.4 Å². The highest BCUT2D eigenvalue weighted by Crippen LogP contribution is 2.38. The Kier molecular flexibility index (Phi) is 3.28. The fraction of sp³-hybridized carbons (Fsp3) is 0.471. The number of hydrogen-bond donors (Lipinski definition) is 0. The second-order valence-corrected chi connectivity index (χ2v) is 7.35. The van der Waals surface area contributed by atoms with E-state index in [-0.39, 0.29) is 0 Å². The maximum absolute atomic E-state index is 5.75. The molecule has 0 saturated carbocycles. The van der Waals surface area contributed by atoms with Crippen LogP contribution in [0.15, 0.2) is 29.3 Å². The van der Waals surface area contributed by atoms with Crippen LogP contribution in [0.4, 0.5) is 5.69 Å². The van der Waals surface area contributed by atoms with Gasteiger partial charge in [0.05, 0.1) is 36.7 Å². The zero-order chi connectivity index (χ0) is 16.1. The highest BCUT2D eigenvalue weighted by atomic mass is 79.9. The second kappa shape index (κ2) is 5.39. The van der Waals surface area contributed by atoms with Gasteiger partial charge < -0.3 is 23.5 Å². The summed E-state index contributed by atoms with van der Waals surface area (Å²) in [5, 5.41) is 0. The van der Waals surface area contributed by atoms with Crippen molar-refractivity contribution in [2.75, 3.05) is 31.2 Å². The molecule has 6 nitrogen and oxygen atoms in total. The van der Waals surface area contributed by atoms with E-state index < -0.39 is 5.79 Å². The molecule has 5 rings (SSSR count). The molecule has 126 valence electrons. The number of rotatable bonds is 1. The number of aryl methyl sites for hydroxylation is 1. The van der Waals surface area contributed by atoms with Crippen molar-refractivity contribution < 1.29 is 14.2 Å². The topological polar surface area (TPSA) is 48.2 Å². The summed E-state index contributed by atoms with van der Waals surface area (Å²) < 4.78 is 20.2. The minimum atomic E-state index is -0.551.